The van der Waals surface area contributed by atoms with Crippen molar-refractivity contribution in [3.05, 3.63) is 58.9 Å². The quantitative estimate of drug-likeness (QED) is 0.833. The Balaban J connectivity index is 1.41. The highest BCUT2D eigenvalue weighted by Crippen LogP contribution is 2.31. The van der Waals surface area contributed by atoms with Crippen molar-refractivity contribution in [2.45, 2.75) is 38.9 Å². The highest BCUT2D eigenvalue weighted by Gasteiger charge is 2.22. The molecular formula is C21H25F2N3O. The molecule has 1 aromatic carbocycles. The summed E-state index contributed by atoms with van der Waals surface area (Å²) in [5.74, 6) is 0.636. The van der Waals surface area contributed by atoms with E-state index < -0.39 is 6.43 Å². The molecule has 0 amide bonds. The molecule has 27 heavy (non-hydrogen) atoms. The van der Waals surface area contributed by atoms with Crippen molar-refractivity contribution in [3.63, 3.8) is 0 Å². The van der Waals surface area contributed by atoms with Crippen LogP contribution in [0.25, 0.3) is 0 Å². The van der Waals surface area contributed by atoms with Gasteiger partial charge < -0.3 is 10.1 Å². The van der Waals surface area contributed by atoms with Gasteiger partial charge in [0.15, 0.2) is 0 Å². The molecule has 4 nitrogen and oxygen atoms in total. The van der Waals surface area contributed by atoms with Crippen molar-refractivity contribution in [1.29, 1.82) is 0 Å². The Morgan fingerprint density at radius 1 is 1.15 bits per heavy atom. The maximum Gasteiger partial charge on any atom is 0.267 e. The number of ether oxygens (including phenoxy) is 1. The number of benzene rings is 1. The van der Waals surface area contributed by atoms with Crippen LogP contribution < -0.4 is 10.1 Å². The number of piperidine rings is 1. The van der Waals surface area contributed by atoms with E-state index in [1.807, 2.05) is 12.1 Å². The third-order valence-electron chi connectivity index (χ3n) is 5.41. The summed E-state index contributed by atoms with van der Waals surface area (Å²) in [7, 11) is 0. The molecule has 0 bridgehead atoms. The first kappa shape index (κ1) is 18.3. The molecule has 0 saturated carbocycles. The van der Waals surface area contributed by atoms with Crippen molar-refractivity contribution in [1.82, 2.24) is 15.2 Å². The first-order valence-corrected chi connectivity index (χ1v) is 9.58. The Morgan fingerprint density at radius 3 is 2.52 bits per heavy atom. The molecule has 1 aromatic heterocycles. The summed E-state index contributed by atoms with van der Waals surface area (Å²) in [5, 5.41) is 3.30. The lowest BCUT2D eigenvalue weighted by Crippen LogP contribution is -2.30. The Bertz CT molecular complexity index is 753. The number of alkyl halides is 2. The third-order valence-corrected chi connectivity index (χ3v) is 5.41. The van der Waals surface area contributed by atoms with Crippen molar-refractivity contribution in [2.24, 2.45) is 5.92 Å². The fraction of sp³-hybridized carbons (Fsp3) is 0.476. The second-order valence-electron chi connectivity index (χ2n) is 7.43. The topological polar surface area (TPSA) is 37.4 Å². The smallest absolute Gasteiger partial charge is 0.267 e. The van der Waals surface area contributed by atoms with Crippen LogP contribution in [0.4, 0.5) is 8.78 Å². The third kappa shape index (κ3) is 4.45. The van der Waals surface area contributed by atoms with Crippen LogP contribution in [0.2, 0.25) is 0 Å². The van der Waals surface area contributed by atoms with E-state index in [0.29, 0.717) is 24.8 Å². The van der Waals surface area contributed by atoms with Crippen molar-refractivity contribution >= 4 is 0 Å². The molecule has 4 rings (SSSR count). The van der Waals surface area contributed by atoms with Crippen LogP contribution in [-0.2, 0) is 19.6 Å². The molecule has 1 fully saturated rings. The Morgan fingerprint density at radius 2 is 1.85 bits per heavy atom. The van der Waals surface area contributed by atoms with Gasteiger partial charge in [-0.25, -0.2) is 8.78 Å². The van der Waals surface area contributed by atoms with E-state index in [-0.39, 0.29) is 11.3 Å². The minimum atomic E-state index is -2.56. The normalized spacial score (nSPS) is 18.0. The summed E-state index contributed by atoms with van der Waals surface area (Å²) >= 11 is 0. The number of fused-ring (bicyclic) bond motifs is 1. The Hall–Kier alpha value is -2.05. The second-order valence-corrected chi connectivity index (χ2v) is 7.43. The number of pyridine rings is 1. The van der Waals surface area contributed by atoms with Crippen LogP contribution in [0.15, 0.2) is 36.5 Å². The second kappa shape index (κ2) is 8.31. The van der Waals surface area contributed by atoms with Crippen LogP contribution in [-0.4, -0.2) is 29.6 Å². The molecule has 1 saturated heterocycles. The molecule has 0 atom stereocenters. The summed E-state index contributed by atoms with van der Waals surface area (Å²) in [4.78, 5) is 6.62. The Labute approximate surface area is 158 Å². The molecule has 0 spiro atoms. The lowest BCUT2D eigenvalue weighted by molar-refractivity contribution is 0.140. The summed E-state index contributed by atoms with van der Waals surface area (Å²) in [6.07, 6.45) is 0.947. The number of nitrogens with one attached hydrogen (secondary N) is 1. The fourth-order valence-corrected chi connectivity index (χ4v) is 3.88. The fourth-order valence-electron chi connectivity index (χ4n) is 3.88. The zero-order valence-corrected chi connectivity index (χ0v) is 15.3. The van der Waals surface area contributed by atoms with Crippen LogP contribution in [0.5, 0.6) is 5.75 Å². The van der Waals surface area contributed by atoms with Gasteiger partial charge in [-0.15, -0.1) is 0 Å². The average molecular weight is 373 g/mol. The number of halogens is 2. The SMILES string of the molecule is FC(F)c1cc(CN2Cc3ccccc3C2)ncc1OCC1CCNCC1. The molecule has 0 unspecified atom stereocenters. The van der Waals surface area contributed by atoms with E-state index >= 15 is 0 Å². The van der Waals surface area contributed by atoms with Crippen LogP contribution in [0.1, 0.15) is 41.7 Å². The lowest BCUT2D eigenvalue weighted by Gasteiger charge is -2.23. The monoisotopic (exact) mass is 373 g/mol. The van der Waals surface area contributed by atoms with Gasteiger partial charge in [0.1, 0.15) is 5.75 Å². The van der Waals surface area contributed by atoms with E-state index in [9.17, 15) is 8.78 Å². The highest BCUT2D eigenvalue weighted by atomic mass is 19.3. The van der Waals surface area contributed by atoms with Gasteiger partial charge in [0.05, 0.1) is 24.1 Å². The predicted molar refractivity (Wildman–Crippen MR) is 99.7 cm³/mol. The number of hydrogen-bond acceptors (Lipinski definition) is 4. The molecule has 0 aliphatic carbocycles. The maximum absolute atomic E-state index is 13.6. The van der Waals surface area contributed by atoms with Crippen LogP contribution in [0, 0.1) is 5.92 Å². The van der Waals surface area contributed by atoms with Crippen molar-refractivity contribution < 1.29 is 13.5 Å². The summed E-state index contributed by atoms with van der Waals surface area (Å²) in [6.45, 7) is 4.62. The van der Waals surface area contributed by atoms with Gasteiger partial charge in [0, 0.05) is 19.6 Å². The van der Waals surface area contributed by atoms with Gasteiger partial charge in [0.2, 0.25) is 0 Å². The molecule has 2 aromatic rings. The minimum Gasteiger partial charge on any atom is -0.491 e. The number of aromatic nitrogens is 1. The summed E-state index contributed by atoms with van der Waals surface area (Å²) < 4.78 is 32.9. The van der Waals surface area contributed by atoms with Gasteiger partial charge in [-0.2, -0.15) is 0 Å². The van der Waals surface area contributed by atoms with E-state index in [2.05, 4.69) is 27.3 Å². The first-order valence-electron chi connectivity index (χ1n) is 9.58. The number of rotatable bonds is 6. The summed E-state index contributed by atoms with van der Waals surface area (Å²) in [5.41, 5.74) is 3.21. The number of nitrogens with zero attached hydrogens (tertiary/aromatic N) is 2. The van der Waals surface area contributed by atoms with Crippen molar-refractivity contribution in [2.75, 3.05) is 19.7 Å². The average Bonchev–Trinajstić information content (AvgIpc) is 3.10. The zero-order valence-electron chi connectivity index (χ0n) is 15.3. The van der Waals surface area contributed by atoms with Gasteiger partial charge >= 0.3 is 0 Å². The summed E-state index contributed by atoms with van der Waals surface area (Å²) in [6, 6.07) is 9.80. The van der Waals surface area contributed by atoms with E-state index in [4.69, 9.17) is 4.74 Å². The zero-order chi connectivity index (χ0) is 18.6. The molecular weight excluding hydrogens is 348 g/mol. The largest absolute Gasteiger partial charge is 0.491 e. The molecule has 2 aliphatic rings. The van der Waals surface area contributed by atoms with Gasteiger partial charge in [-0.3, -0.25) is 9.88 Å². The molecule has 3 heterocycles. The minimum absolute atomic E-state index is 0.0503. The van der Waals surface area contributed by atoms with Gasteiger partial charge in [-0.05, 0) is 49.0 Å². The van der Waals surface area contributed by atoms with E-state index in [0.717, 1.165) is 39.0 Å². The van der Waals surface area contributed by atoms with E-state index in [1.54, 1.807) is 0 Å². The molecule has 0 radical (unpaired) electrons. The van der Waals surface area contributed by atoms with E-state index in [1.165, 1.54) is 23.4 Å². The molecule has 2 aliphatic heterocycles. The van der Waals surface area contributed by atoms with Gasteiger partial charge in [0.25, 0.3) is 6.43 Å². The first-order chi connectivity index (χ1) is 13.2. The molecule has 144 valence electrons. The van der Waals surface area contributed by atoms with Crippen LogP contribution in [0.3, 0.4) is 0 Å². The highest BCUT2D eigenvalue weighted by molar-refractivity contribution is 5.34. The van der Waals surface area contributed by atoms with Gasteiger partial charge in [-0.1, -0.05) is 24.3 Å². The predicted octanol–water partition coefficient (Wildman–Crippen LogP) is 3.91. The molecule has 6 heteroatoms. The molecule has 1 N–H and O–H groups in total. The van der Waals surface area contributed by atoms with Crippen LogP contribution >= 0.6 is 0 Å². The lowest BCUT2D eigenvalue weighted by atomic mass is 9.99. The standard InChI is InChI=1S/C21H25F2N3O/c22-21(23)19-9-18(13-26-11-16-3-1-2-4-17(16)12-26)25-10-20(19)27-14-15-5-7-24-8-6-15/h1-4,9-10,15,21,24H,5-8,11-14H2. The van der Waals surface area contributed by atoms with Crippen molar-refractivity contribution in [3.8, 4) is 5.75 Å². The number of hydrogen-bond donors (Lipinski definition) is 1. The maximum atomic E-state index is 13.6. The Kier molecular flexibility index (Phi) is 5.64.